The fourth-order valence-electron chi connectivity index (χ4n) is 2.41. The molecule has 1 aliphatic carbocycles. The summed E-state index contributed by atoms with van der Waals surface area (Å²) < 4.78 is 1.31. The molecule has 0 bridgehead atoms. The zero-order valence-electron chi connectivity index (χ0n) is 8.92. The highest BCUT2D eigenvalue weighted by molar-refractivity contribution is 14.1. The maximum absolute atomic E-state index is 6.25. The lowest BCUT2D eigenvalue weighted by Crippen LogP contribution is -2.13. The van der Waals surface area contributed by atoms with E-state index in [2.05, 4.69) is 53.8 Å². The van der Waals surface area contributed by atoms with Crippen LogP contribution in [0, 0.1) is 15.4 Å². The topological polar surface area (TPSA) is 0 Å². The van der Waals surface area contributed by atoms with Crippen LogP contribution in [0.2, 0.25) is 0 Å². The minimum absolute atomic E-state index is 0.402. The van der Waals surface area contributed by atoms with Crippen molar-refractivity contribution >= 4 is 34.2 Å². The van der Waals surface area contributed by atoms with Crippen LogP contribution in [0.4, 0.5) is 0 Å². The maximum Gasteiger partial charge on any atom is 0.0364 e. The number of hydrogen-bond acceptors (Lipinski definition) is 0. The van der Waals surface area contributed by atoms with Crippen LogP contribution in [0.5, 0.6) is 0 Å². The average Bonchev–Trinajstić information content (AvgIpc) is 2.53. The Labute approximate surface area is 111 Å². The van der Waals surface area contributed by atoms with Gasteiger partial charge in [-0.2, -0.15) is 0 Å². The molecule has 0 nitrogen and oxygen atoms in total. The van der Waals surface area contributed by atoms with Gasteiger partial charge in [-0.3, -0.25) is 0 Å². The standard InChI is InChI=1S/C13H16ClI/c1-9-11(4-7-13(9)14)8-10-2-5-12(15)6-3-10/h2-3,5-6,9,11,13H,4,7-8H2,1H3. The van der Waals surface area contributed by atoms with E-state index in [9.17, 15) is 0 Å². The highest BCUT2D eigenvalue weighted by atomic mass is 127. The van der Waals surface area contributed by atoms with Gasteiger partial charge in [0.25, 0.3) is 0 Å². The van der Waals surface area contributed by atoms with Gasteiger partial charge in [-0.15, -0.1) is 11.6 Å². The Morgan fingerprint density at radius 2 is 1.93 bits per heavy atom. The number of rotatable bonds is 2. The first-order valence-electron chi connectivity index (χ1n) is 5.55. The van der Waals surface area contributed by atoms with Crippen molar-refractivity contribution < 1.29 is 0 Å². The van der Waals surface area contributed by atoms with Gasteiger partial charge in [-0.1, -0.05) is 19.1 Å². The fraction of sp³-hybridized carbons (Fsp3) is 0.538. The second kappa shape index (κ2) is 5.05. The lowest BCUT2D eigenvalue weighted by Gasteiger charge is -2.17. The molecule has 15 heavy (non-hydrogen) atoms. The molecule has 2 heteroatoms. The van der Waals surface area contributed by atoms with E-state index in [1.54, 1.807) is 0 Å². The minimum atomic E-state index is 0.402. The quantitative estimate of drug-likeness (QED) is 0.552. The van der Waals surface area contributed by atoms with Crippen LogP contribution in [0.1, 0.15) is 25.3 Å². The Balaban J connectivity index is 2.00. The van der Waals surface area contributed by atoms with Crippen molar-refractivity contribution in [1.29, 1.82) is 0 Å². The number of hydrogen-bond donors (Lipinski definition) is 0. The zero-order chi connectivity index (χ0) is 10.8. The van der Waals surface area contributed by atoms with Gasteiger partial charge < -0.3 is 0 Å². The van der Waals surface area contributed by atoms with E-state index in [4.69, 9.17) is 11.6 Å². The highest BCUT2D eigenvalue weighted by Crippen LogP contribution is 2.37. The SMILES string of the molecule is CC1C(Cl)CCC1Cc1ccc(I)cc1. The van der Waals surface area contributed by atoms with E-state index in [0.29, 0.717) is 11.3 Å². The van der Waals surface area contributed by atoms with Crippen LogP contribution < -0.4 is 0 Å². The second-order valence-electron chi connectivity index (χ2n) is 4.54. The van der Waals surface area contributed by atoms with Crippen molar-refractivity contribution in [2.45, 2.75) is 31.6 Å². The third-order valence-electron chi connectivity index (χ3n) is 3.54. The van der Waals surface area contributed by atoms with Gasteiger partial charge in [-0.05, 0) is 71.4 Å². The summed E-state index contributed by atoms with van der Waals surface area (Å²) >= 11 is 8.59. The first kappa shape index (κ1) is 11.7. The van der Waals surface area contributed by atoms with Crippen LogP contribution in [-0.2, 0) is 6.42 Å². The Morgan fingerprint density at radius 1 is 1.27 bits per heavy atom. The Kier molecular flexibility index (Phi) is 3.94. The molecule has 2 rings (SSSR count). The van der Waals surface area contributed by atoms with E-state index in [1.165, 1.54) is 28.4 Å². The molecular weight excluding hydrogens is 318 g/mol. The number of alkyl halides is 1. The molecule has 0 radical (unpaired) electrons. The third kappa shape index (κ3) is 2.88. The molecule has 0 N–H and O–H groups in total. The summed E-state index contributed by atoms with van der Waals surface area (Å²) in [5.41, 5.74) is 1.46. The molecule has 1 aromatic carbocycles. The molecular formula is C13H16ClI. The highest BCUT2D eigenvalue weighted by Gasteiger charge is 2.30. The van der Waals surface area contributed by atoms with E-state index in [-0.39, 0.29) is 0 Å². The molecule has 1 saturated carbocycles. The molecule has 0 aromatic heterocycles. The molecule has 0 amide bonds. The van der Waals surface area contributed by atoms with Crippen molar-refractivity contribution in [3.63, 3.8) is 0 Å². The third-order valence-corrected chi connectivity index (χ3v) is 4.87. The molecule has 0 heterocycles. The van der Waals surface area contributed by atoms with Gasteiger partial charge in [-0.25, -0.2) is 0 Å². The van der Waals surface area contributed by atoms with Crippen molar-refractivity contribution in [2.24, 2.45) is 11.8 Å². The molecule has 3 unspecified atom stereocenters. The van der Waals surface area contributed by atoms with Gasteiger partial charge in [0.05, 0.1) is 0 Å². The summed E-state index contributed by atoms with van der Waals surface area (Å²) in [6, 6.07) is 8.87. The Hall–Kier alpha value is 0.240. The number of halogens is 2. The monoisotopic (exact) mass is 334 g/mol. The van der Waals surface area contributed by atoms with Gasteiger partial charge in [0.1, 0.15) is 0 Å². The van der Waals surface area contributed by atoms with Crippen LogP contribution in [0.25, 0.3) is 0 Å². The summed E-state index contributed by atoms with van der Waals surface area (Å²) in [5, 5.41) is 0.402. The van der Waals surface area contributed by atoms with E-state index >= 15 is 0 Å². The molecule has 1 aromatic rings. The predicted molar refractivity (Wildman–Crippen MR) is 74.4 cm³/mol. The van der Waals surface area contributed by atoms with E-state index in [1.807, 2.05) is 0 Å². The van der Waals surface area contributed by atoms with Crippen LogP contribution in [-0.4, -0.2) is 5.38 Å². The van der Waals surface area contributed by atoms with Crippen LogP contribution in [0.3, 0.4) is 0 Å². The summed E-state index contributed by atoms with van der Waals surface area (Å²) in [5.74, 6) is 1.46. The first-order valence-corrected chi connectivity index (χ1v) is 7.07. The van der Waals surface area contributed by atoms with Crippen molar-refractivity contribution in [1.82, 2.24) is 0 Å². The van der Waals surface area contributed by atoms with Gasteiger partial charge >= 0.3 is 0 Å². The molecule has 3 atom stereocenters. The Morgan fingerprint density at radius 3 is 2.47 bits per heavy atom. The molecule has 1 fully saturated rings. The van der Waals surface area contributed by atoms with Gasteiger partial charge in [0, 0.05) is 8.95 Å². The van der Waals surface area contributed by atoms with E-state index < -0.39 is 0 Å². The van der Waals surface area contributed by atoms with Crippen LogP contribution in [0.15, 0.2) is 24.3 Å². The van der Waals surface area contributed by atoms with Crippen molar-refractivity contribution in [2.75, 3.05) is 0 Å². The number of benzene rings is 1. The van der Waals surface area contributed by atoms with Crippen LogP contribution >= 0.6 is 34.2 Å². The van der Waals surface area contributed by atoms with Gasteiger partial charge in [0.15, 0.2) is 0 Å². The lowest BCUT2D eigenvalue weighted by molar-refractivity contribution is 0.420. The predicted octanol–water partition coefficient (Wildman–Crippen LogP) is 4.49. The maximum atomic E-state index is 6.25. The molecule has 0 aliphatic heterocycles. The zero-order valence-corrected chi connectivity index (χ0v) is 11.8. The summed E-state index contributed by atoms with van der Waals surface area (Å²) in [6.07, 6.45) is 3.68. The largest absolute Gasteiger partial charge is 0.123 e. The molecule has 0 saturated heterocycles. The average molecular weight is 335 g/mol. The second-order valence-corrected chi connectivity index (χ2v) is 6.35. The molecule has 0 spiro atoms. The smallest absolute Gasteiger partial charge is 0.0364 e. The summed E-state index contributed by atoms with van der Waals surface area (Å²) in [7, 11) is 0. The fourth-order valence-corrected chi connectivity index (χ4v) is 3.10. The lowest BCUT2D eigenvalue weighted by atomic mass is 9.91. The summed E-state index contributed by atoms with van der Waals surface area (Å²) in [6.45, 7) is 2.29. The van der Waals surface area contributed by atoms with E-state index in [0.717, 1.165) is 5.92 Å². The first-order chi connectivity index (χ1) is 7.16. The molecule has 1 aliphatic rings. The summed E-state index contributed by atoms with van der Waals surface area (Å²) in [4.78, 5) is 0. The van der Waals surface area contributed by atoms with Crippen molar-refractivity contribution in [3.05, 3.63) is 33.4 Å². The minimum Gasteiger partial charge on any atom is -0.123 e. The van der Waals surface area contributed by atoms with Gasteiger partial charge in [0.2, 0.25) is 0 Å². The van der Waals surface area contributed by atoms with Crippen molar-refractivity contribution in [3.8, 4) is 0 Å². The Bertz CT molecular complexity index is 320. The molecule has 82 valence electrons. The normalized spacial score (nSPS) is 30.7.